The van der Waals surface area contributed by atoms with Crippen LogP contribution in [0.3, 0.4) is 0 Å². The Bertz CT molecular complexity index is 860. The van der Waals surface area contributed by atoms with Gasteiger partial charge >= 0.3 is 5.97 Å². The second-order valence-corrected chi connectivity index (χ2v) is 5.85. The molecular weight excluding hydrogens is 356 g/mol. The third-order valence-electron chi connectivity index (χ3n) is 3.41. The first-order chi connectivity index (χ1) is 12.3. The standard InChI is InChI=1S/C19H17ClN2O4/c1-12-2-3-13(10-16(12)20)4-9-18(24)26-11-17(23)22-15-7-5-14(6-8-15)19(21)25/h2-10H,11H2,1H3,(H2,21,25)(H,22,23)/b9-4+. The quantitative estimate of drug-likeness (QED) is 0.601. The summed E-state index contributed by atoms with van der Waals surface area (Å²) in [6.07, 6.45) is 2.77. The van der Waals surface area contributed by atoms with Gasteiger partial charge < -0.3 is 15.8 Å². The molecule has 7 heteroatoms. The lowest BCUT2D eigenvalue weighted by Crippen LogP contribution is -2.20. The molecule has 0 aliphatic rings. The summed E-state index contributed by atoms with van der Waals surface area (Å²) >= 11 is 6.01. The van der Waals surface area contributed by atoms with Gasteiger partial charge in [-0.05, 0) is 54.5 Å². The molecule has 2 aromatic carbocycles. The fourth-order valence-electron chi connectivity index (χ4n) is 1.98. The first kappa shape index (κ1) is 19.2. The smallest absolute Gasteiger partial charge is 0.331 e. The van der Waals surface area contributed by atoms with Crippen molar-refractivity contribution in [3.05, 3.63) is 70.3 Å². The fraction of sp³-hybridized carbons (Fsp3) is 0.105. The zero-order valence-corrected chi connectivity index (χ0v) is 14.7. The molecule has 2 aromatic rings. The van der Waals surface area contributed by atoms with Crippen molar-refractivity contribution >= 4 is 41.1 Å². The summed E-state index contributed by atoms with van der Waals surface area (Å²) in [5.41, 5.74) is 7.61. The highest BCUT2D eigenvalue weighted by atomic mass is 35.5. The number of ether oxygens (including phenoxy) is 1. The van der Waals surface area contributed by atoms with Gasteiger partial charge in [-0.1, -0.05) is 23.7 Å². The number of esters is 1. The summed E-state index contributed by atoms with van der Waals surface area (Å²) in [6.45, 7) is 1.44. The predicted molar refractivity (Wildman–Crippen MR) is 99.8 cm³/mol. The number of carbonyl (C=O) groups excluding carboxylic acids is 3. The summed E-state index contributed by atoms with van der Waals surface area (Å²) in [5, 5.41) is 3.14. The zero-order chi connectivity index (χ0) is 19.1. The highest BCUT2D eigenvalue weighted by Crippen LogP contribution is 2.17. The topological polar surface area (TPSA) is 98.5 Å². The number of primary amides is 1. The molecular formula is C19H17ClN2O4. The number of nitrogens with one attached hydrogen (secondary N) is 1. The Morgan fingerprint density at radius 1 is 1.15 bits per heavy atom. The van der Waals surface area contributed by atoms with Gasteiger partial charge in [0.05, 0.1) is 0 Å². The Morgan fingerprint density at radius 3 is 2.46 bits per heavy atom. The number of nitrogens with two attached hydrogens (primary N) is 1. The number of hydrogen-bond donors (Lipinski definition) is 2. The van der Waals surface area contributed by atoms with Crippen molar-refractivity contribution in [2.24, 2.45) is 5.73 Å². The molecule has 0 unspecified atom stereocenters. The predicted octanol–water partition coefficient (Wildman–Crippen LogP) is 2.94. The van der Waals surface area contributed by atoms with Crippen LogP contribution in [-0.2, 0) is 14.3 Å². The normalized spacial score (nSPS) is 10.5. The van der Waals surface area contributed by atoms with Gasteiger partial charge in [0, 0.05) is 22.3 Å². The molecule has 0 radical (unpaired) electrons. The van der Waals surface area contributed by atoms with Gasteiger partial charge in [0.1, 0.15) is 0 Å². The molecule has 6 nitrogen and oxygen atoms in total. The summed E-state index contributed by atoms with van der Waals surface area (Å²) in [7, 11) is 0. The minimum atomic E-state index is -0.652. The van der Waals surface area contributed by atoms with Gasteiger partial charge in [-0.3, -0.25) is 9.59 Å². The van der Waals surface area contributed by atoms with Crippen LogP contribution in [0.1, 0.15) is 21.5 Å². The molecule has 0 aliphatic carbocycles. The van der Waals surface area contributed by atoms with Gasteiger partial charge in [0.2, 0.25) is 5.91 Å². The van der Waals surface area contributed by atoms with Crippen LogP contribution in [0, 0.1) is 6.92 Å². The molecule has 134 valence electrons. The number of amides is 2. The number of anilines is 1. The lowest BCUT2D eigenvalue weighted by Gasteiger charge is -2.06. The van der Waals surface area contributed by atoms with E-state index in [4.69, 9.17) is 22.1 Å². The van der Waals surface area contributed by atoms with Crippen LogP contribution in [0.4, 0.5) is 5.69 Å². The van der Waals surface area contributed by atoms with Crippen molar-refractivity contribution in [1.82, 2.24) is 0 Å². The second kappa shape index (κ2) is 8.82. The van der Waals surface area contributed by atoms with Crippen LogP contribution in [0.2, 0.25) is 5.02 Å². The minimum absolute atomic E-state index is 0.329. The third kappa shape index (κ3) is 5.75. The summed E-state index contributed by atoms with van der Waals surface area (Å²) in [4.78, 5) is 34.4. The van der Waals surface area contributed by atoms with Crippen molar-refractivity contribution in [2.45, 2.75) is 6.92 Å². The van der Waals surface area contributed by atoms with E-state index in [-0.39, 0.29) is 0 Å². The van der Waals surface area contributed by atoms with Crippen LogP contribution in [-0.4, -0.2) is 24.4 Å². The summed E-state index contributed by atoms with van der Waals surface area (Å²) in [5.74, 6) is -1.71. The number of hydrogen-bond acceptors (Lipinski definition) is 4. The average molecular weight is 373 g/mol. The maximum absolute atomic E-state index is 11.8. The van der Waals surface area contributed by atoms with Crippen molar-refractivity contribution in [3.8, 4) is 0 Å². The van der Waals surface area contributed by atoms with E-state index >= 15 is 0 Å². The maximum atomic E-state index is 11.8. The fourth-order valence-corrected chi connectivity index (χ4v) is 2.17. The molecule has 2 amide bonds. The van der Waals surface area contributed by atoms with E-state index in [9.17, 15) is 14.4 Å². The second-order valence-electron chi connectivity index (χ2n) is 5.44. The van der Waals surface area contributed by atoms with E-state index in [1.54, 1.807) is 12.1 Å². The van der Waals surface area contributed by atoms with Gasteiger partial charge in [0.25, 0.3) is 5.91 Å². The first-order valence-electron chi connectivity index (χ1n) is 7.66. The summed E-state index contributed by atoms with van der Waals surface area (Å²) in [6, 6.07) is 11.4. The molecule has 0 heterocycles. The third-order valence-corrected chi connectivity index (χ3v) is 3.81. The first-order valence-corrected chi connectivity index (χ1v) is 8.03. The van der Waals surface area contributed by atoms with Gasteiger partial charge in [-0.2, -0.15) is 0 Å². The van der Waals surface area contributed by atoms with Gasteiger partial charge in [-0.25, -0.2) is 4.79 Å². The molecule has 0 fully saturated rings. The molecule has 0 saturated heterocycles. The van der Waals surface area contributed by atoms with Crippen LogP contribution < -0.4 is 11.1 Å². The Balaban J connectivity index is 1.82. The van der Waals surface area contributed by atoms with E-state index in [0.29, 0.717) is 16.3 Å². The Morgan fingerprint density at radius 2 is 1.85 bits per heavy atom. The molecule has 0 aliphatic heterocycles. The van der Waals surface area contributed by atoms with Crippen molar-refractivity contribution in [1.29, 1.82) is 0 Å². The van der Waals surface area contributed by atoms with Crippen molar-refractivity contribution < 1.29 is 19.1 Å². The number of aryl methyl sites for hydroxylation is 1. The molecule has 0 spiro atoms. The molecule has 0 bridgehead atoms. The van der Waals surface area contributed by atoms with Crippen LogP contribution >= 0.6 is 11.6 Å². The largest absolute Gasteiger partial charge is 0.452 e. The summed E-state index contributed by atoms with van der Waals surface area (Å²) < 4.78 is 4.87. The van der Waals surface area contributed by atoms with Crippen LogP contribution in [0.15, 0.2) is 48.5 Å². The highest BCUT2D eigenvalue weighted by Gasteiger charge is 2.07. The molecule has 0 atom stereocenters. The van der Waals surface area contributed by atoms with Crippen LogP contribution in [0.5, 0.6) is 0 Å². The van der Waals surface area contributed by atoms with Crippen molar-refractivity contribution in [3.63, 3.8) is 0 Å². The van der Waals surface area contributed by atoms with E-state index in [0.717, 1.165) is 11.1 Å². The van der Waals surface area contributed by atoms with E-state index in [2.05, 4.69) is 5.32 Å². The molecule has 0 aromatic heterocycles. The lowest BCUT2D eigenvalue weighted by molar-refractivity contribution is -0.142. The monoisotopic (exact) mass is 372 g/mol. The average Bonchev–Trinajstić information content (AvgIpc) is 2.61. The molecule has 3 N–H and O–H groups in total. The van der Waals surface area contributed by atoms with E-state index in [1.807, 2.05) is 19.1 Å². The number of rotatable bonds is 6. The number of carbonyl (C=O) groups is 3. The van der Waals surface area contributed by atoms with Crippen LogP contribution in [0.25, 0.3) is 6.08 Å². The van der Waals surface area contributed by atoms with Crippen molar-refractivity contribution in [2.75, 3.05) is 11.9 Å². The van der Waals surface area contributed by atoms with E-state index in [1.165, 1.54) is 30.3 Å². The van der Waals surface area contributed by atoms with Gasteiger partial charge in [-0.15, -0.1) is 0 Å². The molecule has 2 rings (SSSR count). The Hall–Kier alpha value is -3.12. The lowest BCUT2D eigenvalue weighted by atomic mass is 10.1. The Kier molecular flexibility index (Phi) is 6.52. The van der Waals surface area contributed by atoms with Gasteiger partial charge in [0.15, 0.2) is 6.61 Å². The van der Waals surface area contributed by atoms with E-state index < -0.39 is 24.4 Å². The SMILES string of the molecule is Cc1ccc(/C=C/C(=O)OCC(=O)Nc2ccc(C(N)=O)cc2)cc1Cl. The Labute approximate surface area is 155 Å². The highest BCUT2D eigenvalue weighted by molar-refractivity contribution is 6.31. The maximum Gasteiger partial charge on any atom is 0.331 e. The number of benzene rings is 2. The molecule has 0 saturated carbocycles. The minimum Gasteiger partial charge on any atom is -0.452 e. The zero-order valence-electron chi connectivity index (χ0n) is 14.0. The number of halogens is 1. The molecule has 26 heavy (non-hydrogen) atoms.